The van der Waals surface area contributed by atoms with Crippen LogP contribution in [0.25, 0.3) is 11.3 Å². The molecule has 0 saturated carbocycles. The molecule has 1 aliphatic heterocycles. The van der Waals surface area contributed by atoms with Gasteiger partial charge in [-0.1, -0.05) is 28.4 Å². The van der Waals surface area contributed by atoms with Gasteiger partial charge in [0.05, 0.1) is 23.9 Å². The zero-order valence-electron chi connectivity index (χ0n) is 17.3. The summed E-state index contributed by atoms with van der Waals surface area (Å²) in [7, 11) is -2.55. The van der Waals surface area contributed by atoms with Crippen LogP contribution >= 0.6 is 23.2 Å². The number of benzene rings is 1. The number of halogens is 3. The highest BCUT2D eigenvalue weighted by Gasteiger charge is 2.23. The summed E-state index contributed by atoms with van der Waals surface area (Å²) in [5, 5.41) is 8.74. The van der Waals surface area contributed by atoms with E-state index in [0.717, 1.165) is 0 Å². The Morgan fingerprint density at radius 1 is 1.24 bits per heavy atom. The second kappa shape index (κ2) is 10.2. The van der Waals surface area contributed by atoms with Crippen LogP contribution in [0.1, 0.15) is 24.4 Å². The molecule has 0 bridgehead atoms. The highest BCUT2D eigenvalue weighted by atomic mass is 35.5. The van der Waals surface area contributed by atoms with Crippen LogP contribution in [0, 0.1) is 5.82 Å². The van der Waals surface area contributed by atoms with Gasteiger partial charge in [-0.2, -0.15) is 0 Å². The number of aromatic nitrogens is 4. The summed E-state index contributed by atoms with van der Waals surface area (Å²) in [6, 6.07) is 4.43. The van der Waals surface area contributed by atoms with Gasteiger partial charge >= 0.3 is 0 Å². The number of ether oxygens (including phenoxy) is 1. The first-order valence-electron chi connectivity index (χ1n) is 10.2. The maximum absolute atomic E-state index is 13.7. The Kier molecular flexibility index (Phi) is 7.32. The van der Waals surface area contributed by atoms with Crippen molar-refractivity contribution in [2.24, 2.45) is 0 Å². The van der Waals surface area contributed by atoms with E-state index in [1.165, 1.54) is 16.4 Å². The van der Waals surface area contributed by atoms with Crippen LogP contribution in [0.5, 0.6) is 5.75 Å². The van der Waals surface area contributed by atoms with Gasteiger partial charge in [0.2, 0.25) is 10.9 Å². The zero-order chi connectivity index (χ0) is 23.5. The Morgan fingerprint density at radius 3 is 2.73 bits per heavy atom. The molecule has 33 heavy (non-hydrogen) atoms. The number of hydrogen-bond acceptors (Lipinski definition) is 7. The van der Waals surface area contributed by atoms with Gasteiger partial charge in [-0.15, -0.1) is 5.10 Å². The van der Waals surface area contributed by atoms with Crippen LogP contribution in [-0.2, 0) is 17.3 Å². The second-order valence-electron chi connectivity index (χ2n) is 7.53. The fraction of sp³-hybridized carbons (Fsp3) is 0.350. The summed E-state index contributed by atoms with van der Waals surface area (Å²) in [6.07, 6.45) is 4.96. The van der Waals surface area contributed by atoms with E-state index in [0.29, 0.717) is 53.5 Å². The molecule has 1 aromatic carbocycles. The van der Waals surface area contributed by atoms with Crippen molar-refractivity contribution in [3.8, 4) is 17.0 Å². The number of pyridine rings is 1. The number of thiol groups is 1. The summed E-state index contributed by atoms with van der Waals surface area (Å²) in [5.41, 5.74) is 7.65. The molecule has 0 unspecified atom stereocenters. The molecule has 0 radical (unpaired) electrons. The smallest absolute Gasteiger partial charge is 0.203 e. The van der Waals surface area contributed by atoms with Crippen molar-refractivity contribution in [1.29, 1.82) is 0 Å². The summed E-state index contributed by atoms with van der Waals surface area (Å²) >= 11 is 12.1. The van der Waals surface area contributed by atoms with Crippen LogP contribution in [0.4, 0.5) is 10.2 Å². The molecule has 0 aliphatic carbocycles. The van der Waals surface area contributed by atoms with Crippen molar-refractivity contribution in [3.05, 3.63) is 52.0 Å². The van der Waals surface area contributed by atoms with Gasteiger partial charge in [0.15, 0.2) is 11.6 Å². The van der Waals surface area contributed by atoms with Gasteiger partial charge in [-0.05, 0) is 36.6 Å². The Hall–Kier alpha value is -2.47. The van der Waals surface area contributed by atoms with Crippen molar-refractivity contribution in [3.63, 3.8) is 0 Å². The predicted molar refractivity (Wildman–Crippen MR) is 123 cm³/mol. The molecule has 9 nitrogen and oxygen atoms in total. The molecule has 3 aromatic rings. The summed E-state index contributed by atoms with van der Waals surface area (Å²) in [5.74, 6) is -0.00484. The first-order chi connectivity index (χ1) is 15.8. The summed E-state index contributed by atoms with van der Waals surface area (Å²) in [4.78, 5) is 4.17. The largest absolute Gasteiger partial charge is 0.489 e. The second-order valence-corrected chi connectivity index (χ2v) is 9.36. The molecule has 3 heterocycles. The van der Waals surface area contributed by atoms with E-state index in [4.69, 9.17) is 33.7 Å². The first-order valence-corrected chi connectivity index (χ1v) is 12.0. The van der Waals surface area contributed by atoms with Crippen LogP contribution in [0.15, 0.2) is 30.6 Å². The molecular weight excluding hydrogens is 494 g/mol. The molecule has 1 saturated heterocycles. The highest BCUT2D eigenvalue weighted by molar-refractivity contribution is 7.69. The number of nitrogen functional groups attached to an aromatic ring is 1. The third-order valence-electron chi connectivity index (χ3n) is 5.48. The molecule has 0 spiro atoms. The molecule has 0 atom stereocenters. The lowest BCUT2D eigenvalue weighted by Gasteiger charge is -2.27. The minimum absolute atomic E-state index is 0.0319. The predicted octanol–water partition coefficient (Wildman–Crippen LogP) is 3.15. The fourth-order valence-electron chi connectivity index (χ4n) is 3.64. The summed E-state index contributed by atoms with van der Waals surface area (Å²) < 4.78 is 44.9. The van der Waals surface area contributed by atoms with E-state index >= 15 is 0 Å². The average molecular weight is 515 g/mol. The Morgan fingerprint density at radius 2 is 2.00 bits per heavy atom. The summed E-state index contributed by atoms with van der Waals surface area (Å²) in [6.45, 7) is 1.07. The number of anilines is 1. The number of nitrogens with two attached hydrogens (primary N) is 1. The molecule has 1 fully saturated rings. The number of rotatable bonds is 7. The van der Waals surface area contributed by atoms with E-state index in [-0.39, 0.29) is 29.9 Å². The molecule has 2 N–H and O–H groups in total. The fourth-order valence-corrected chi connectivity index (χ4v) is 4.76. The minimum Gasteiger partial charge on any atom is -0.489 e. The molecule has 176 valence electrons. The lowest BCUT2D eigenvalue weighted by atomic mass is 10.1. The molecule has 0 amide bonds. The van der Waals surface area contributed by atoms with Crippen LogP contribution in [0.3, 0.4) is 0 Å². The van der Waals surface area contributed by atoms with E-state index in [1.54, 1.807) is 23.1 Å². The molecule has 4 rings (SSSR count). The van der Waals surface area contributed by atoms with Gasteiger partial charge in [0.1, 0.15) is 11.5 Å². The van der Waals surface area contributed by atoms with Gasteiger partial charge in [0.25, 0.3) is 0 Å². The highest BCUT2D eigenvalue weighted by Crippen LogP contribution is 2.30. The van der Waals surface area contributed by atoms with Crippen molar-refractivity contribution < 1.29 is 17.5 Å². The minimum atomic E-state index is -2.55. The van der Waals surface area contributed by atoms with Crippen molar-refractivity contribution in [2.45, 2.75) is 25.3 Å². The quantitative estimate of drug-likeness (QED) is 0.367. The van der Waals surface area contributed by atoms with Crippen molar-refractivity contribution >= 4 is 39.9 Å². The normalized spacial score (nSPS) is 15.3. The van der Waals surface area contributed by atoms with Crippen LogP contribution < -0.4 is 10.5 Å². The topological polar surface area (TPSA) is 116 Å². The molecule has 2 aromatic heterocycles. The molecule has 13 heteroatoms. The van der Waals surface area contributed by atoms with Crippen LogP contribution in [0.2, 0.25) is 10.0 Å². The van der Waals surface area contributed by atoms with E-state index in [9.17, 15) is 12.8 Å². The van der Waals surface area contributed by atoms with Gasteiger partial charge in [-0.25, -0.2) is 26.8 Å². The standard InChI is InChI=1S/C20H21Cl2FN6O3S/c21-15-1-2-16(23)19(22)14(15)5-8-32-18-9-12(10-25-20(18)24)17-11-29(27-26-17)13-3-6-28(7-4-13)33(30)31/h1-2,9-11,13,33H,3-8H2,(H2,24,25). The number of nitrogens with zero attached hydrogens (tertiary/aromatic N) is 5. The maximum Gasteiger partial charge on any atom is 0.203 e. The number of piperidine rings is 1. The zero-order valence-corrected chi connectivity index (χ0v) is 19.7. The van der Waals surface area contributed by atoms with Gasteiger partial charge in [0, 0.05) is 36.3 Å². The molecular formula is C20H21Cl2FN6O3S. The first kappa shape index (κ1) is 23.7. The maximum atomic E-state index is 13.7. The van der Waals surface area contributed by atoms with E-state index in [2.05, 4.69) is 15.3 Å². The van der Waals surface area contributed by atoms with Crippen LogP contribution in [-0.4, -0.2) is 52.4 Å². The third kappa shape index (κ3) is 5.37. The number of hydrogen-bond donors (Lipinski definition) is 2. The Bertz CT molecular complexity index is 1220. The molecule has 1 aliphatic rings. The lowest BCUT2D eigenvalue weighted by molar-refractivity contribution is 0.263. The average Bonchev–Trinajstić information content (AvgIpc) is 3.30. The third-order valence-corrected chi connectivity index (χ3v) is 7.11. The SMILES string of the molecule is Nc1ncc(-c2cn(C3CCN([SH](=O)=O)CC3)nn2)cc1OCCc1c(Cl)ccc(F)c1Cl. The van der Waals surface area contributed by atoms with E-state index < -0.39 is 16.7 Å². The van der Waals surface area contributed by atoms with Crippen molar-refractivity contribution in [2.75, 3.05) is 25.4 Å². The van der Waals surface area contributed by atoms with Gasteiger partial charge in [-0.3, -0.25) is 0 Å². The van der Waals surface area contributed by atoms with Gasteiger partial charge < -0.3 is 10.5 Å². The Balaban J connectivity index is 1.43. The Labute approximate surface area is 201 Å². The van der Waals surface area contributed by atoms with E-state index in [1.807, 2.05) is 0 Å². The monoisotopic (exact) mass is 514 g/mol. The van der Waals surface area contributed by atoms with Crippen molar-refractivity contribution in [1.82, 2.24) is 24.3 Å². The lowest BCUT2D eigenvalue weighted by Crippen LogP contribution is -2.33.